The van der Waals surface area contributed by atoms with E-state index in [0.29, 0.717) is 22.3 Å². The van der Waals surface area contributed by atoms with Gasteiger partial charge in [-0.3, -0.25) is 9.59 Å². The van der Waals surface area contributed by atoms with Crippen LogP contribution in [-0.2, 0) is 9.59 Å². The SMILES string of the molecule is Cc1c(Cl)cccc1NC(=O)C(=O)Nc1ccc(F)c(F)c1F. The fourth-order valence-electron chi connectivity index (χ4n) is 1.72. The van der Waals surface area contributed by atoms with Gasteiger partial charge in [0.15, 0.2) is 17.5 Å². The van der Waals surface area contributed by atoms with Gasteiger partial charge in [-0.15, -0.1) is 0 Å². The molecule has 2 aromatic carbocycles. The van der Waals surface area contributed by atoms with Gasteiger partial charge in [0.05, 0.1) is 5.69 Å². The summed E-state index contributed by atoms with van der Waals surface area (Å²) in [5.74, 6) is -7.09. The predicted octanol–water partition coefficient (Wildman–Crippen LogP) is 3.64. The lowest BCUT2D eigenvalue weighted by Gasteiger charge is -2.10. The molecule has 8 heteroatoms. The number of nitrogens with one attached hydrogen (secondary N) is 2. The zero-order valence-corrected chi connectivity index (χ0v) is 12.5. The van der Waals surface area contributed by atoms with E-state index >= 15 is 0 Å². The van der Waals surface area contributed by atoms with Gasteiger partial charge < -0.3 is 10.6 Å². The van der Waals surface area contributed by atoms with Gasteiger partial charge in [-0.2, -0.15) is 0 Å². The van der Waals surface area contributed by atoms with Gasteiger partial charge in [-0.05, 0) is 36.8 Å². The Hall–Kier alpha value is -2.54. The predicted molar refractivity (Wildman–Crippen MR) is 79.8 cm³/mol. The molecule has 0 bridgehead atoms. The molecule has 23 heavy (non-hydrogen) atoms. The summed E-state index contributed by atoms with van der Waals surface area (Å²) in [7, 11) is 0. The van der Waals surface area contributed by atoms with Crippen LogP contribution in [0.1, 0.15) is 5.56 Å². The van der Waals surface area contributed by atoms with Gasteiger partial charge >= 0.3 is 11.8 Å². The molecule has 2 rings (SSSR count). The number of amides is 2. The number of rotatable bonds is 2. The number of benzene rings is 2. The molecule has 0 radical (unpaired) electrons. The first-order valence-electron chi connectivity index (χ1n) is 6.32. The first-order chi connectivity index (χ1) is 10.8. The van der Waals surface area contributed by atoms with E-state index in [1.54, 1.807) is 19.1 Å². The van der Waals surface area contributed by atoms with E-state index in [2.05, 4.69) is 5.32 Å². The third-order valence-corrected chi connectivity index (χ3v) is 3.41. The fourth-order valence-corrected chi connectivity index (χ4v) is 1.90. The second-order valence-corrected chi connectivity index (χ2v) is 4.95. The van der Waals surface area contributed by atoms with Crippen molar-refractivity contribution in [3.05, 3.63) is 58.4 Å². The maximum Gasteiger partial charge on any atom is 0.314 e. The highest BCUT2D eigenvalue weighted by Gasteiger charge is 2.20. The standard InChI is InChI=1S/C15H10ClF3N2O2/c1-7-8(16)3-2-4-10(7)20-14(22)15(23)21-11-6-5-9(17)12(18)13(11)19/h2-6H,1H3,(H,20,22)(H,21,23). The Morgan fingerprint density at radius 3 is 2.17 bits per heavy atom. The molecule has 0 aliphatic carbocycles. The molecule has 0 fully saturated rings. The minimum atomic E-state index is -1.74. The summed E-state index contributed by atoms with van der Waals surface area (Å²) in [5, 5.41) is 4.54. The lowest BCUT2D eigenvalue weighted by Crippen LogP contribution is -2.29. The molecule has 0 saturated carbocycles. The minimum absolute atomic E-state index is 0.295. The number of hydrogen-bond acceptors (Lipinski definition) is 2. The zero-order valence-electron chi connectivity index (χ0n) is 11.7. The van der Waals surface area contributed by atoms with E-state index in [-0.39, 0.29) is 0 Å². The van der Waals surface area contributed by atoms with Crippen molar-refractivity contribution in [1.29, 1.82) is 0 Å². The molecule has 0 aromatic heterocycles. The van der Waals surface area contributed by atoms with Crippen LogP contribution in [-0.4, -0.2) is 11.8 Å². The highest BCUT2D eigenvalue weighted by atomic mass is 35.5. The fraction of sp³-hybridized carbons (Fsp3) is 0.0667. The second kappa shape index (κ2) is 6.70. The summed E-state index contributed by atoms with van der Waals surface area (Å²) >= 11 is 5.88. The number of hydrogen-bond donors (Lipinski definition) is 2. The van der Waals surface area contributed by atoms with Gasteiger partial charge in [-0.1, -0.05) is 17.7 Å². The van der Waals surface area contributed by atoms with Crippen molar-refractivity contribution < 1.29 is 22.8 Å². The van der Waals surface area contributed by atoms with Crippen molar-refractivity contribution in [2.45, 2.75) is 6.92 Å². The van der Waals surface area contributed by atoms with Crippen LogP contribution in [0.25, 0.3) is 0 Å². The molecule has 0 spiro atoms. The average Bonchev–Trinajstić information content (AvgIpc) is 2.52. The molecule has 2 aromatic rings. The Morgan fingerprint density at radius 2 is 1.52 bits per heavy atom. The maximum atomic E-state index is 13.5. The number of carbonyl (C=O) groups excluding carboxylic acids is 2. The number of anilines is 2. The molecule has 0 heterocycles. The Balaban J connectivity index is 2.13. The van der Waals surface area contributed by atoms with Gasteiger partial charge in [0.25, 0.3) is 0 Å². The summed E-state index contributed by atoms with van der Waals surface area (Å²) in [6, 6.07) is 6.13. The van der Waals surface area contributed by atoms with Crippen LogP contribution in [0.5, 0.6) is 0 Å². The largest absolute Gasteiger partial charge is 0.317 e. The van der Waals surface area contributed by atoms with E-state index in [1.807, 2.05) is 5.32 Å². The van der Waals surface area contributed by atoms with E-state index in [9.17, 15) is 22.8 Å². The zero-order chi connectivity index (χ0) is 17.1. The van der Waals surface area contributed by atoms with Crippen molar-refractivity contribution in [2.75, 3.05) is 10.6 Å². The summed E-state index contributed by atoms with van der Waals surface area (Å²) in [5.41, 5.74) is 0.185. The first-order valence-corrected chi connectivity index (χ1v) is 6.70. The van der Waals surface area contributed by atoms with Crippen molar-refractivity contribution in [2.24, 2.45) is 0 Å². The normalized spacial score (nSPS) is 10.3. The van der Waals surface area contributed by atoms with Crippen LogP contribution in [0, 0.1) is 24.4 Å². The van der Waals surface area contributed by atoms with E-state index in [0.717, 1.165) is 6.07 Å². The highest BCUT2D eigenvalue weighted by Crippen LogP contribution is 2.23. The molecular weight excluding hydrogens is 333 g/mol. The van der Waals surface area contributed by atoms with Crippen molar-refractivity contribution in [3.8, 4) is 0 Å². The quantitative estimate of drug-likeness (QED) is 0.646. The van der Waals surface area contributed by atoms with Gasteiger partial charge in [0, 0.05) is 10.7 Å². The lowest BCUT2D eigenvalue weighted by atomic mass is 10.2. The topological polar surface area (TPSA) is 58.2 Å². The third-order valence-electron chi connectivity index (χ3n) is 3.01. The maximum absolute atomic E-state index is 13.5. The van der Waals surface area contributed by atoms with Crippen LogP contribution < -0.4 is 10.6 Å². The minimum Gasteiger partial charge on any atom is -0.317 e. The molecular formula is C15H10ClF3N2O2. The Bertz CT molecular complexity index is 797. The van der Waals surface area contributed by atoms with Crippen LogP contribution in [0.15, 0.2) is 30.3 Å². The Labute approximate surface area is 134 Å². The summed E-state index contributed by atoms with van der Waals surface area (Å²) in [4.78, 5) is 23.5. The van der Waals surface area contributed by atoms with Crippen LogP contribution in [0.4, 0.5) is 24.5 Å². The van der Waals surface area contributed by atoms with Gasteiger partial charge in [-0.25, -0.2) is 13.2 Å². The second-order valence-electron chi connectivity index (χ2n) is 4.54. The molecule has 2 amide bonds. The third kappa shape index (κ3) is 3.62. The van der Waals surface area contributed by atoms with Gasteiger partial charge in [0.2, 0.25) is 0 Å². The molecule has 0 aliphatic heterocycles. The summed E-state index contributed by atoms with van der Waals surface area (Å²) < 4.78 is 39.3. The number of halogens is 4. The lowest BCUT2D eigenvalue weighted by molar-refractivity contribution is -0.133. The first kappa shape index (κ1) is 16.8. The van der Waals surface area contributed by atoms with Gasteiger partial charge in [0.1, 0.15) is 0 Å². The molecule has 0 atom stereocenters. The average molecular weight is 343 g/mol. The smallest absolute Gasteiger partial charge is 0.314 e. The van der Waals surface area contributed by atoms with E-state index in [4.69, 9.17) is 11.6 Å². The van der Waals surface area contributed by atoms with Crippen molar-refractivity contribution in [3.63, 3.8) is 0 Å². The van der Waals surface area contributed by atoms with E-state index < -0.39 is 35.0 Å². The molecule has 0 saturated heterocycles. The van der Waals surface area contributed by atoms with E-state index in [1.165, 1.54) is 6.07 Å². The molecule has 120 valence electrons. The summed E-state index contributed by atoms with van der Waals surface area (Å²) in [6.07, 6.45) is 0. The van der Waals surface area contributed by atoms with Crippen LogP contribution in [0.3, 0.4) is 0 Å². The highest BCUT2D eigenvalue weighted by molar-refractivity contribution is 6.44. The number of carbonyl (C=O) groups is 2. The van der Waals surface area contributed by atoms with Crippen LogP contribution in [0.2, 0.25) is 5.02 Å². The monoisotopic (exact) mass is 342 g/mol. The Kier molecular flexibility index (Phi) is 4.90. The van der Waals surface area contributed by atoms with Crippen LogP contribution >= 0.6 is 11.6 Å². The van der Waals surface area contributed by atoms with Crippen molar-refractivity contribution in [1.82, 2.24) is 0 Å². The molecule has 4 nitrogen and oxygen atoms in total. The molecule has 2 N–H and O–H groups in total. The summed E-state index contributed by atoms with van der Waals surface area (Å²) in [6.45, 7) is 1.63. The Morgan fingerprint density at radius 1 is 0.913 bits per heavy atom. The molecule has 0 aliphatic rings. The van der Waals surface area contributed by atoms with Crippen molar-refractivity contribution >= 4 is 34.8 Å². The molecule has 0 unspecified atom stereocenters.